The standard InChI is InChI=1S/C26H23NO6/c28-21(19-11-13-22-23(17-19)32-16-15-31-22)12-14-24(29)33-25(18-7-3-1-4-8-18)26(30)27-20-9-5-2-6-10-20/h1-11,13,17,25H,12,14-16H2,(H,27,30)/t25-/m0/s1. The summed E-state index contributed by atoms with van der Waals surface area (Å²) in [7, 11) is 0. The fourth-order valence-electron chi connectivity index (χ4n) is 3.40. The summed E-state index contributed by atoms with van der Waals surface area (Å²) in [6, 6.07) is 22.6. The van der Waals surface area contributed by atoms with Crippen LogP contribution in [-0.2, 0) is 14.3 Å². The van der Waals surface area contributed by atoms with Crippen LogP contribution in [0.3, 0.4) is 0 Å². The molecule has 1 amide bonds. The number of ether oxygens (including phenoxy) is 3. The molecule has 33 heavy (non-hydrogen) atoms. The lowest BCUT2D eigenvalue weighted by atomic mass is 10.1. The molecule has 0 radical (unpaired) electrons. The van der Waals surface area contributed by atoms with E-state index in [-0.39, 0.29) is 18.6 Å². The van der Waals surface area contributed by atoms with E-state index in [0.717, 1.165) is 0 Å². The van der Waals surface area contributed by atoms with Crippen molar-refractivity contribution in [2.24, 2.45) is 0 Å². The quantitative estimate of drug-likeness (QED) is 0.410. The second kappa shape index (κ2) is 10.5. The maximum Gasteiger partial charge on any atom is 0.307 e. The van der Waals surface area contributed by atoms with Gasteiger partial charge in [-0.1, -0.05) is 48.5 Å². The molecular formula is C26H23NO6. The van der Waals surface area contributed by atoms with Crippen molar-refractivity contribution in [3.63, 3.8) is 0 Å². The van der Waals surface area contributed by atoms with E-state index in [9.17, 15) is 14.4 Å². The highest BCUT2D eigenvalue weighted by Crippen LogP contribution is 2.31. The molecule has 1 N–H and O–H groups in total. The third-order valence-electron chi connectivity index (χ3n) is 5.05. The fourth-order valence-corrected chi connectivity index (χ4v) is 3.40. The van der Waals surface area contributed by atoms with Gasteiger partial charge in [-0.2, -0.15) is 0 Å². The second-order valence-electron chi connectivity index (χ2n) is 7.42. The van der Waals surface area contributed by atoms with Crippen LogP contribution in [0.1, 0.15) is 34.9 Å². The van der Waals surface area contributed by atoms with Gasteiger partial charge in [-0.05, 0) is 30.3 Å². The molecule has 3 aromatic rings. The molecule has 1 heterocycles. The summed E-state index contributed by atoms with van der Waals surface area (Å²) in [6.45, 7) is 0.884. The Bertz CT molecular complexity index is 1130. The van der Waals surface area contributed by atoms with E-state index in [1.165, 1.54) is 0 Å². The molecule has 0 fully saturated rings. The highest BCUT2D eigenvalue weighted by molar-refractivity contribution is 5.99. The Labute approximate surface area is 191 Å². The first-order valence-electron chi connectivity index (χ1n) is 10.6. The van der Waals surface area contributed by atoms with Crippen LogP contribution in [0.5, 0.6) is 11.5 Å². The van der Waals surface area contributed by atoms with E-state index >= 15 is 0 Å². The van der Waals surface area contributed by atoms with Gasteiger partial charge in [-0.25, -0.2) is 0 Å². The Balaban J connectivity index is 1.39. The number of carbonyl (C=O) groups is 3. The predicted octanol–water partition coefficient (Wildman–Crippen LogP) is 4.34. The number of ketones is 1. The number of hydrogen-bond acceptors (Lipinski definition) is 6. The smallest absolute Gasteiger partial charge is 0.307 e. The van der Waals surface area contributed by atoms with Crippen LogP contribution in [0, 0.1) is 0 Å². The lowest BCUT2D eigenvalue weighted by Crippen LogP contribution is -2.26. The summed E-state index contributed by atoms with van der Waals surface area (Å²) in [6.07, 6.45) is -1.35. The topological polar surface area (TPSA) is 90.9 Å². The first kappa shape index (κ1) is 22.1. The molecule has 0 bridgehead atoms. The predicted molar refractivity (Wildman–Crippen MR) is 121 cm³/mol. The van der Waals surface area contributed by atoms with E-state index in [1.807, 2.05) is 12.1 Å². The van der Waals surface area contributed by atoms with Gasteiger partial charge in [0.1, 0.15) is 13.2 Å². The van der Waals surface area contributed by atoms with Crippen molar-refractivity contribution >= 4 is 23.3 Å². The van der Waals surface area contributed by atoms with E-state index in [0.29, 0.717) is 41.5 Å². The third-order valence-corrected chi connectivity index (χ3v) is 5.05. The van der Waals surface area contributed by atoms with Crippen molar-refractivity contribution in [1.29, 1.82) is 0 Å². The number of para-hydroxylation sites is 1. The second-order valence-corrected chi connectivity index (χ2v) is 7.42. The average Bonchev–Trinajstić information content (AvgIpc) is 2.86. The summed E-state index contributed by atoms with van der Waals surface area (Å²) in [5, 5.41) is 2.76. The van der Waals surface area contributed by atoms with Crippen LogP contribution in [0.25, 0.3) is 0 Å². The fraction of sp³-hybridized carbons (Fsp3) is 0.192. The molecule has 0 aliphatic carbocycles. The van der Waals surface area contributed by atoms with Crippen molar-refractivity contribution in [2.45, 2.75) is 18.9 Å². The zero-order valence-corrected chi connectivity index (χ0v) is 17.9. The number of nitrogens with one attached hydrogen (secondary N) is 1. The molecule has 0 aromatic heterocycles. The Hall–Kier alpha value is -4.13. The van der Waals surface area contributed by atoms with Crippen molar-refractivity contribution in [2.75, 3.05) is 18.5 Å². The van der Waals surface area contributed by atoms with E-state index in [4.69, 9.17) is 14.2 Å². The number of hydrogen-bond donors (Lipinski definition) is 1. The van der Waals surface area contributed by atoms with Crippen LogP contribution in [0.2, 0.25) is 0 Å². The molecule has 0 saturated heterocycles. The van der Waals surface area contributed by atoms with Crippen molar-refractivity contribution in [1.82, 2.24) is 0 Å². The number of fused-ring (bicyclic) bond motifs is 1. The zero-order valence-electron chi connectivity index (χ0n) is 17.9. The van der Waals surface area contributed by atoms with Gasteiger partial charge in [-0.3, -0.25) is 14.4 Å². The number of carbonyl (C=O) groups excluding carboxylic acids is 3. The van der Waals surface area contributed by atoms with E-state index in [1.54, 1.807) is 66.7 Å². The number of benzene rings is 3. The van der Waals surface area contributed by atoms with Gasteiger partial charge in [0.2, 0.25) is 6.10 Å². The molecule has 3 aromatic carbocycles. The van der Waals surface area contributed by atoms with Crippen LogP contribution < -0.4 is 14.8 Å². The van der Waals surface area contributed by atoms with Crippen molar-refractivity contribution in [3.05, 3.63) is 90.0 Å². The van der Waals surface area contributed by atoms with Crippen molar-refractivity contribution in [3.8, 4) is 11.5 Å². The van der Waals surface area contributed by atoms with Crippen LogP contribution in [-0.4, -0.2) is 30.9 Å². The number of esters is 1. The molecule has 0 saturated carbocycles. The Morgan fingerprint density at radius 2 is 1.48 bits per heavy atom. The summed E-state index contributed by atoms with van der Waals surface area (Å²) in [4.78, 5) is 38.0. The zero-order chi connectivity index (χ0) is 23.0. The third kappa shape index (κ3) is 5.77. The molecule has 1 aliphatic rings. The van der Waals surface area contributed by atoms with E-state index in [2.05, 4.69) is 5.32 Å². The van der Waals surface area contributed by atoms with Gasteiger partial charge >= 0.3 is 5.97 Å². The molecule has 7 nitrogen and oxygen atoms in total. The summed E-state index contributed by atoms with van der Waals surface area (Å²) >= 11 is 0. The van der Waals surface area contributed by atoms with Crippen molar-refractivity contribution < 1.29 is 28.6 Å². The van der Waals surface area contributed by atoms with Gasteiger partial charge in [-0.15, -0.1) is 0 Å². The monoisotopic (exact) mass is 445 g/mol. The number of rotatable bonds is 8. The summed E-state index contributed by atoms with van der Waals surface area (Å²) < 4.78 is 16.5. The minimum absolute atomic E-state index is 0.0553. The summed E-state index contributed by atoms with van der Waals surface area (Å²) in [5.41, 5.74) is 1.55. The molecular weight excluding hydrogens is 422 g/mol. The van der Waals surface area contributed by atoms with Gasteiger partial charge in [0.05, 0.1) is 6.42 Å². The first-order valence-corrected chi connectivity index (χ1v) is 10.6. The normalized spacial score (nSPS) is 13.0. The Kier molecular flexibility index (Phi) is 6.99. The molecule has 7 heteroatoms. The average molecular weight is 445 g/mol. The Morgan fingerprint density at radius 3 is 2.21 bits per heavy atom. The maximum atomic E-state index is 12.9. The van der Waals surface area contributed by atoms with Gasteiger partial charge in [0.15, 0.2) is 17.3 Å². The van der Waals surface area contributed by atoms with Gasteiger partial charge in [0.25, 0.3) is 5.91 Å². The maximum absolute atomic E-state index is 12.9. The lowest BCUT2D eigenvalue weighted by Gasteiger charge is -2.19. The molecule has 0 unspecified atom stereocenters. The van der Waals surface area contributed by atoms with Crippen LogP contribution in [0.4, 0.5) is 5.69 Å². The summed E-state index contributed by atoms with van der Waals surface area (Å²) in [5.74, 6) is -0.241. The molecule has 1 atom stereocenters. The first-order chi connectivity index (χ1) is 16.1. The largest absolute Gasteiger partial charge is 0.486 e. The van der Waals surface area contributed by atoms with Crippen LogP contribution >= 0.6 is 0 Å². The Morgan fingerprint density at radius 1 is 0.818 bits per heavy atom. The highest BCUT2D eigenvalue weighted by atomic mass is 16.6. The molecule has 1 aliphatic heterocycles. The minimum Gasteiger partial charge on any atom is -0.486 e. The van der Waals surface area contributed by atoms with Gasteiger partial charge < -0.3 is 19.5 Å². The van der Waals surface area contributed by atoms with Gasteiger partial charge in [0, 0.05) is 23.2 Å². The number of amides is 1. The molecule has 0 spiro atoms. The van der Waals surface area contributed by atoms with Crippen LogP contribution in [0.15, 0.2) is 78.9 Å². The lowest BCUT2D eigenvalue weighted by molar-refractivity contribution is -0.154. The number of anilines is 1. The SMILES string of the molecule is O=C(CCC(=O)c1ccc2c(c1)OCCO2)O[C@H](C(=O)Nc1ccccc1)c1ccccc1. The minimum atomic E-state index is -1.14. The number of Topliss-reactive ketones (excluding diaryl/α,β-unsaturated/α-hetero) is 1. The molecule has 4 rings (SSSR count). The van der Waals surface area contributed by atoms with E-state index < -0.39 is 18.0 Å². The molecule has 168 valence electrons. The highest BCUT2D eigenvalue weighted by Gasteiger charge is 2.25.